The molecule has 1 heterocycles. The van der Waals surface area contributed by atoms with E-state index >= 15 is 0 Å². The number of halogens is 1. The normalized spacial score (nSPS) is 12.5. The van der Waals surface area contributed by atoms with Gasteiger partial charge in [0.05, 0.1) is 17.3 Å². The van der Waals surface area contributed by atoms with Gasteiger partial charge >= 0.3 is 0 Å². The molecule has 1 atom stereocenters. The number of hydrogen-bond acceptors (Lipinski definition) is 4. The number of pyridine rings is 1. The zero-order valence-electron chi connectivity index (χ0n) is 8.83. The summed E-state index contributed by atoms with van der Waals surface area (Å²) in [6, 6.07) is 3.67. The van der Waals surface area contributed by atoms with Crippen molar-refractivity contribution in [2.45, 2.75) is 17.9 Å². The largest absolute Gasteiger partial charge is 0.395 e. The van der Waals surface area contributed by atoms with Crippen LogP contribution in [0, 0.1) is 0 Å². The summed E-state index contributed by atoms with van der Waals surface area (Å²) in [5.41, 5.74) is 0.855. The van der Waals surface area contributed by atoms with E-state index in [0.717, 1.165) is 17.3 Å². The van der Waals surface area contributed by atoms with Crippen molar-refractivity contribution in [2.24, 2.45) is 0 Å². The second kappa shape index (κ2) is 6.20. The monoisotopic (exact) mass is 246 g/mol. The van der Waals surface area contributed by atoms with Crippen molar-refractivity contribution in [1.82, 2.24) is 4.98 Å². The Balaban J connectivity index is 2.66. The van der Waals surface area contributed by atoms with Crippen molar-refractivity contribution in [3.63, 3.8) is 0 Å². The lowest BCUT2D eigenvalue weighted by Crippen LogP contribution is -2.04. The maximum atomic E-state index is 8.90. The van der Waals surface area contributed by atoms with Gasteiger partial charge in [0.15, 0.2) is 0 Å². The molecule has 0 radical (unpaired) electrons. The number of rotatable bonds is 5. The Hall–Kier alpha value is -0.450. The fourth-order valence-electron chi connectivity index (χ4n) is 0.999. The van der Waals surface area contributed by atoms with Crippen molar-refractivity contribution in [3.8, 4) is 0 Å². The second-order valence-corrected chi connectivity index (χ2v) is 5.01. The van der Waals surface area contributed by atoms with E-state index in [1.807, 2.05) is 26.1 Å². The first-order valence-electron chi connectivity index (χ1n) is 4.73. The molecule has 0 amide bonds. The Labute approximate surface area is 99.2 Å². The van der Waals surface area contributed by atoms with E-state index in [9.17, 15) is 0 Å². The minimum atomic E-state index is 0.175. The van der Waals surface area contributed by atoms with E-state index in [1.54, 1.807) is 11.8 Å². The molecule has 5 heteroatoms. The topological polar surface area (TPSA) is 45.1 Å². The van der Waals surface area contributed by atoms with Crippen molar-refractivity contribution in [1.29, 1.82) is 0 Å². The number of hydrogen-bond donors (Lipinski definition) is 2. The smallest absolute Gasteiger partial charge is 0.126 e. The Morgan fingerprint density at radius 1 is 1.60 bits per heavy atom. The lowest BCUT2D eigenvalue weighted by Gasteiger charge is -2.09. The Morgan fingerprint density at radius 3 is 2.93 bits per heavy atom. The van der Waals surface area contributed by atoms with Crippen LogP contribution in [0.5, 0.6) is 0 Å². The highest BCUT2D eigenvalue weighted by atomic mass is 35.5. The van der Waals surface area contributed by atoms with Gasteiger partial charge in [-0.2, -0.15) is 0 Å². The average Bonchev–Trinajstić information content (AvgIpc) is 2.27. The van der Waals surface area contributed by atoms with Crippen LogP contribution in [0.1, 0.15) is 12.6 Å². The molecule has 2 N–H and O–H groups in total. The molecular weight excluding hydrogens is 232 g/mol. The van der Waals surface area contributed by atoms with Gasteiger partial charge in [0.1, 0.15) is 5.82 Å². The summed E-state index contributed by atoms with van der Waals surface area (Å²) in [5, 5.41) is 12.7. The number of aliphatic hydroxyl groups excluding tert-OH is 1. The van der Waals surface area contributed by atoms with Gasteiger partial charge in [-0.3, -0.25) is 0 Å². The van der Waals surface area contributed by atoms with Crippen LogP contribution in [0.15, 0.2) is 12.1 Å². The number of nitrogens with zero attached hydrogens (tertiary/aromatic N) is 1. The summed E-state index contributed by atoms with van der Waals surface area (Å²) in [5.74, 6) is 1.53. The molecule has 3 nitrogen and oxygen atoms in total. The fraction of sp³-hybridized carbons (Fsp3) is 0.500. The lowest BCUT2D eigenvalue weighted by molar-refractivity contribution is 0.300. The summed E-state index contributed by atoms with van der Waals surface area (Å²) in [6.45, 7) is 2.15. The van der Waals surface area contributed by atoms with Gasteiger partial charge in [-0.05, 0) is 12.1 Å². The molecule has 0 aliphatic heterocycles. The number of aromatic nitrogens is 1. The molecule has 0 saturated carbocycles. The predicted molar refractivity (Wildman–Crippen MR) is 66.6 cm³/mol. The van der Waals surface area contributed by atoms with E-state index < -0.39 is 0 Å². The molecule has 0 aliphatic rings. The Kier molecular flexibility index (Phi) is 5.22. The summed E-state index contributed by atoms with van der Waals surface area (Å²) < 4.78 is 0. The van der Waals surface area contributed by atoms with Crippen LogP contribution in [0.25, 0.3) is 0 Å². The molecule has 1 rings (SSSR count). The molecule has 0 fully saturated rings. The summed E-state index contributed by atoms with van der Waals surface area (Å²) in [6.07, 6.45) is 0. The molecule has 1 aromatic rings. The van der Waals surface area contributed by atoms with E-state index in [-0.39, 0.29) is 11.9 Å². The van der Waals surface area contributed by atoms with Gasteiger partial charge in [0.25, 0.3) is 0 Å². The first-order chi connectivity index (χ1) is 7.17. The maximum absolute atomic E-state index is 8.90. The van der Waals surface area contributed by atoms with Gasteiger partial charge < -0.3 is 10.4 Å². The van der Waals surface area contributed by atoms with Crippen LogP contribution >= 0.6 is 23.4 Å². The highest BCUT2D eigenvalue weighted by molar-refractivity contribution is 7.99. The average molecular weight is 247 g/mol. The minimum absolute atomic E-state index is 0.175. The third-order valence-electron chi connectivity index (χ3n) is 1.94. The fourth-order valence-corrected chi connectivity index (χ4v) is 2.02. The third kappa shape index (κ3) is 3.89. The number of thioether (sulfide) groups is 1. The van der Waals surface area contributed by atoms with Crippen LogP contribution in [0.4, 0.5) is 5.82 Å². The van der Waals surface area contributed by atoms with Crippen molar-refractivity contribution < 1.29 is 5.11 Å². The molecule has 1 unspecified atom stereocenters. The lowest BCUT2D eigenvalue weighted by atomic mass is 10.3. The predicted octanol–water partition coefficient (Wildman–Crippen LogP) is 2.39. The van der Waals surface area contributed by atoms with Crippen LogP contribution in [-0.2, 0) is 5.75 Å². The first-order valence-corrected chi connectivity index (χ1v) is 6.15. The van der Waals surface area contributed by atoms with Crippen LogP contribution in [0.2, 0.25) is 5.02 Å². The highest BCUT2D eigenvalue weighted by Gasteiger charge is 2.06. The number of aliphatic hydroxyl groups is 1. The zero-order valence-corrected chi connectivity index (χ0v) is 10.4. The summed E-state index contributed by atoms with van der Waals surface area (Å²) >= 11 is 7.65. The molecule has 1 aromatic heterocycles. The zero-order chi connectivity index (χ0) is 11.3. The first kappa shape index (κ1) is 12.6. The van der Waals surface area contributed by atoms with Gasteiger partial charge in [-0.15, -0.1) is 11.8 Å². The van der Waals surface area contributed by atoms with Crippen molar-refractivity contribution in [3.05, 3.63) is 22.8 Å². The SMILES string of the molecule is CNc1ccc(Cl)c(CSC(C)CO)n1. The van der Waals surface area contributed by atoms with Gasteiger partial charge in [-0.25, -0.2) is 4.98 Å². The van der Waals surface area contributed by atoms with Gasteiger partial charge in [0, 0.05) is 18.1 Å². The van der Waals surface area contributed by atoms with Crippen LogP contribution in [-0.4, -0.2) is 29.0 Å². The number of anilines is 1. The van der Waals surface area contributed by atoms with E-state index in [4.69, 9.17) is 16.7 Å². The molecule has 0 aliphatic carbocycles. The van der Waals surface area contributed by atoms with Crippen molar-refractivity contribution >= 4 is 29.2 Å². The summed E-state index contributed by atoms with van der Waals surface area (Å²) in [7, 11) is 1.82. The Bertz CT molecular complexity index is 322. The molecule has 0 bridgehead atoms. The third-order valence-corrected chi connectivity index (χ3v) is 3.44. The standard InChI is InChI=1S/C10H15ClN2OS/c1-7(5-14)15-6-9-8(11)3-4-10(12-2)13-9/h3-4,7,14H,5-6H2,1-2H3,(H,12,13). The van der Waals surface area contributed by atoms with E-state index in [2.05, 4.69) is 10.3 Å². The van der Waals surface area contributed by atoms with Crippen LogP contribution < -0.4 is 5.32 Å². The highest BCUT2D eigenvalue weighted by Crippen LogP contribution is 2.23. The number of nitrogens with one attached hydrogen (secondary N) is 1. The molecule has 15 heavy (non-hydrogen) atoms. The molecule has 0 aromatic carbocycles. The van der Waals surface area contributed by atoms with E-state index in [0.29, 0.717) is 5.02 Å². The van der Waals surface area contributed by atoms with Gasteiger partial charge in [-0.1, -0.05) is 18.5 Å². The maximum Gasteiger partial charge on any atom is 0.126 e. The summed E-state index contributed by atoms with van der Waals surface area (Å²) in [4.78, 5) is 4.35. The molecular formula is C10H15ClN2OS. The quantitative estimate of drug-likeness (QED) is 0.838. The minimum Gasteiger partial charge on any atom is -0.395 e. The molecule has 0 saturated heterocycles. The van der Waals surface area contributed by atoms with Crippen LogP contribution in [0.3, 0.4) is 0 Å². The van der Waals surface area contributed by atoms with Crippen molar-refractivity contribution in [2.75, 3.05) is 19.0 Å². The van der Waals surface area contributed by atoms with E-state index in [1.165, 1.54) is 0 Å². The van der Waals surface area contributed by atoms with Gasteiger partial charge in [0.2, 0.25) is 0 Å². The molecule has 0 spiro atoms. The Morgan fingerprint density at radius 2 is 2.33 bits per heavy atom. The molecule has 84 valence electrons. The second-order valence-electron chi connectivity index (χ2n) is 3.18.